The Bertz CT molecular complexity index is 1380. The minimum atomic E-state index is -0.626. The number of amides is 2. The van der Waals surface area contributed by atoms with E-state index in [2.05, 4.69) is 30.4 Å². The predicted octanol–water partition coefficient (Wildman–Crippen LogP) is 1.29. The molecule has 2 rings (SSSR count). The zero-order valence-corrected chi connectivity index (χ0v) is 22.8. The summed E-state index contributed by atoms with van der Waals surface area (Å²) in [7, 11) is 3.69. The van der Waals surface area contributed by atoms with Crippen molar-refractivity contribution in [2.45, 2.75) is 46.2 Å². The van der Waals surface area contributed by atoms with Crippen molar-refractivity contribution in [3.63, 3.8) is 0 Å². The van der Waals surface area contributed by atoms with Gasteiger partial charge in [0.25, 0.3) is 11.5 Å². The lowest BCUT2D eigenvalue weighted by Gasteiger charge is -2.26. The highest BCUT2D eigenvalue weighted by molar-refractivity contribution is 7.07. The van der Waals surface area contributed by atoms with E-state index >= 15 is 0 Å². The Labute approximate surface area is 221 Å². The van der Waals surface area contributed by atoms with Gasteiger partial charge in [-0.25, -0.2) is 0 Å². The van der Waals surface area contributed by atoms with Gasteiger partial charge in [0.2, 0.25) is 5.91 Å². The maximum Gasteiger partial charge on any atom is 0.270 e. The first-order valence-corrected chi connectivity index (χ1v) is 12.9. The predicted molar refractivity (Wildman–Crippen MR) is 149 cm³/mol. The molecule has 10 heteroatoms. The summed E-state index contributed by atoms with van der Waals surface area (Å²) in [6.45, 7) is 6.58. The van der Waals surface area contributed by atoms with Crippen LogP contribution in [0.3, 0.4) is 0 Å². The average molecular weight is 523 g/mol. The number of nitrogens with zero attached hydrogens (tertiary/aromatic N) is 4. The largest absolute Gasteiger partial charge is 0.360 e. The molecule has 196 valence electrons. The third-order valence-corrected chi connectivity index (χ3v) is 7.08. The van der Waals surface area contributed by atoms with Crippen molar-refractivity contribution in [2.24, 2.45) is 0 Å². The molecule has 1 unspecified atom stereocenters. The van der Waals surface area contributed by atoms with Crippen LogP contribution < -0.4 is 30.3 Å². The molecule has 2 amide bonds. The molecule has 0 spiro atoms. The van der Waals surface area contributed by atoms with Crippen LogP contribution in [-0.2, 0) is 16.1 Å². The molecule has 0 aliphatic carbocycles. The van der Waals surface area contributed by atoms with E-state index in [0.717, 1.165) is 24.2 Å². The quantitative estimate of drug-likeness (QED) is 0.431. The number of nitriles is 1. The first-order valence-electron chi connectivity index (χ1n) is 12.1. The molecule has 0 bridgehead atoms. The van der Waals surface area contributed by atoms with Gasteiger partial charge in [0, 0.05) is 37.2 Å². The van der Waals surface area contributed by atoms with Crippen LogP contribution >= 0.6 is 11.3 Å². The highest BCUT2D eigenvalue weighted by atomic mass is 32.1. The third kappa shape index (κ3) is 7.56. The Morgan fingerprint density at radius 3 is 2.65 bits per heavy atom. The number of carbonyl (C=O) groups is 2. The Hall–Kier alpha value is -3.86. The van der Waals surface area contributed by atoms with E-state index < -0.39 is 5.91 Å². The molecule has 1 atom stereocenters. The summed E-state index contributed by atoms with van der Waals surface area (Å²) in [6.07, 6.45) is 8.80. The van der Waals surface area contributed by atoms with E-state index in [1.54, 1.807) is 18.9 Å². The lowest BCUT2D eigenvalue weighted by Crippen LogP contribution is -2.40. The second-order valence-corrected chi connectivity index (χ2v) is 9.57. The van der Waals surface area contributed by atoms with Crippen molar-refractivity contribution >= 4 is 46.3 Å². The number of rotatable bonds is 11. The maximum atomic E-state index is 12.9. The number of nitrogens with one attached hydrogen (secondary N) is 2. The maximum absolute atomic E-state index is 12.9. The van der Waals surface area contributed by atoms with Crippen molar-refractivity contribution in [3.05, 3.63) is 43.8 Å². The molecule has 37 heavy (non-hydrogen) atoms. The number of carbonyl (C=O) groups excluding carboxylic acids is 2. The van der Waals surface area contributed by atoms with E-state index in [-0.39, 0.29) is 28.2 Å². The summed E-state index contributed by atoms with van der Waals surface area (Å²) < 4.78 is 1.97. The van der Waals surface area contributed by atoms with Crippen LogP contribution in [0, 0.1) is 23.7 Å². The van der Waals surface area contributed by atoms with Crippen molar-refractivity contribution in [1.29, 1.82) is 5.26 Å². The van der Waals surface area contributed by atoms with Crippen molar-refractivity contribution in [3.8, 4) is 18.4 Å². The van der Waals surface area contributed by atoms with Crippen LogP contribution in [0.4, 0.5) is 11.4 Å². The van der Waals surface area contributed by atoms with Gasteiger partial charge in [0.1, 0.15) is 15.3 Å². The monoisotopic (exact) mass is 522 g/mol. The fourth-order valence-corrected chi connectivity index (χ4v) is 4.70. The normalized spacial score (nSPS) is 12.9. The minimum absolute atomic E-state index is 0.0202. The van der Waals surface area contributed by atoms with Crippen molar-refractivity contribution in [2.75, 3.05) is 37.4 Å². The highest BCUT2D eigenvalue weighted by Crippen LogP contribution is 2.19. The van der Waals surface area contributed by atoms with Gasteiger partial charge in [0.15, 0.2) is 5.57 Å². The second kappa shape index (κ2) is 14.0. The van der Waals surface area contributed by atoms with Gasteiger partial charge in [-0.05, 0) is 45.5 Å². The topological polar surface area (TPSA) is 110 Å². The van der Waals surface area contributed by atoms with Gasteiger partial charge in [0.05, 0.1) is 13.1 Å². The Morgan fingerprint density at radius 1 is 1.30 bits per heavy atom. The Balaban J connectivity index is 2.32. The van der Waals surface area contributed by atoms with Gasteiger partial charge in [-0.2, -0.15) is 5.26 Å². The first-order chi connectivity index (χ1) is 17.7. The Morgan fingerprint density at radius 2 is 2.03 bits per heavy atom. The fourth-order valence-electron chi connectivity index (χ4n) is 3.62. The number of hydrogen-bond donors (Lipinski definition) is 2. The molecule has 0 radical (unpaired) electrons. The van der Waals surface area contributed by atoms with Crippen LogP contribution in [0.15, 0.2) is 29.1 Å². The second-order valence-electron chi connectivity index (χ2n) is 8.54. The van der Waals surface area contributed by atoms with Crippen molar-refractivity contribution < 1.29 is 9.59 Å². The number of terminal acetylenes is 1. The molecule has 2 aromatic rings. The van der Waals surface area contributed by atoms with E-state index in [1.165, 1.54) is 10.8 Å². The molecule has 1 aromatic heterocycles. The summed E-state index contributed by atoms with van der Waals surface area (Å²) in [4.78, 5) is 41.8. The summed E-state index contributed by atoms with van der Waals surface area (Å²) >= 11 is 1.04. The standard InChI is InChI=1S/C27H34N6O3S/c1-7-11-19(4)31(5)18-24(34)32(6)21-13-10-12-20(15-21)30-17-23-26(36)33(9-3)27(37-23)22(16-28)25(35)29-14-8-2/h2,10,12-13,15,17,19,30H,7,9,11,14,18H2,1,3-6H3,(H,29,35)/b23-17+,27-22-. The summed E-state index contributed by atoms with van der Waals surface area (Å²) in [5.74, 6) is 1.64. The number of likely N-dealkylation sites (N-methyl/N-ethyl adjacent to an activating group) is 2. The SMILES string of the molecule is C#CCNC(=O)/C(C#N)=c1\s/c(=C/Nc2cccc(N(C)C(=O)CN(C)C(C)CCC)c2)c(=O)n1CC. The molecule has 9 nitrogen and oxygen atoms in total. The smallest absolute Gasteiger partial charge is 0.270 e. The van der Waals surface area contributed by atoms with Crippen LogP contribution in [0.1, 0.15) is 33.6 Å². The lowest BCUT2D eigenvalue weighted by molar-refractivity contribution is -0.119. The third-order valence-electron chi connectivity index (χ3n) is 5.95. The van der Waals surface area contributed by atoms with Gasteiger partial charge < -0.3 is 15.5 Å². The summed E-state index contributed by atoms with van der Waals surface area (Å²) in [6, 6.07) is 9.50. The van der Waals surface area contributed by atoms with Crippen LogP contribution in [-0.4, -0.2) is 54.5 Å². The van der Waals surface area contributed by atoms with Gasteiger partial charge in [-0.1, -0.05) is 25.3 Å². The minimum Gasteiger partial charge on any atom is -0.360 e. The van der Waals surface area contributed by atoms with Gasteiger partial charge in [-0.3, -0.25) is 23.9 Å². The molecule has 0 saturated carbocycles. The number of benzene rings is 1. The molecule has 0 aliphatic heterocycles. The summed E-state index contributed by atoms with van der Waals surface area (Å²) in [5, 5.41) is 15.1. The van der Waals surface area contributed by atoms with Gasteiger partial charge in [-0.15, -0.1) is 17.8 Å². The molecule has 1 heterocycles. The molecule has 0 saturated heterocycles. The van der Waals surface area contributed by atoms with Crippen LogP contribution in [0.2, 0.25) is 0 Å². The fraction of sp³-hybridized carbons (Fsp3) is 0.407. The van der Waals surface area contributed by atoms with E-state index in [9.17, 15) is 19.6 Å². The van der Waals surface area contributed by atoms with E-state index in [1.807, 2.05) is 42.3 Å². The number of hydrogen-bond acceptors (Lipinski definition) is 7. The molecular weight excluding hydrogens is 488 g/mol. The van der Waals surface area contributed by atoms with Crippen LogP contribution in [0.25, 0.3) is 11.8 Å². The highest BCUT2D eigenvalue weighted by Gasteiger charge is 2.17. The molecule has 0 fully saturated rings. The number of aromatic nitrogens is 1. The van der Waals surface area contributed by atoms with Gasteiger partial charge >= 0.3 is 0 Å². The van der Waals surface area contributed by atoms with E-state index in [4.69, 9.17) is 6.42 Å². The zero-order chi connectivity index (χ0) is 27.5. The molecule has 2 N–H and O–H groups in total. The molecular formula is C27H34N6O3S. The average Bonchev–Trinajstić information content (AvgIpc) is 3.20. The molecule has 1 aromatic carbocycles. The van der Waals surface area contributed by atoms with Crippen LogP contribution in [0.5, 0.6) is 0 Å². The van der Waals surface area contributed by atoms with Crippen molar-refractivity contribution in [1.82, 2.24) is 14.8 Å². The first kappa shape index (κ1) is 29.4. The summed E-state index contributed by atoms with van der Waals surface area (Å²) in [5.41, 5.74) is 0.904. The lowest BCUT2D eigenvalue weighted by atomic mass is 10.2. The molecule has 0 aliphatic rings. The number of thiazole rings is 1. The Kier molecular flexibility index (Phi) is 11.1. The van der Waals surface area contributed by atoms with E-state index in [0.29, 0.717) is 35.0 Å². The zero-order valence-electron chi connectivity index (χ0n) is 22.0. The number of anilines is 2.